The van der Waals surface area contributed by atoms with Crippen LogP contribution in [0.3, 0.4) is 0 Å². The van der Waals surface area contributed by atoms with E-state index in [-0.39, 0.29) is 17.5 Å². The van der Waals surface area contributed by atoms with Crippen molar-refractivity contribution >= 4 is 11.7 Å². The Hall–Kier alpha value is -2.05. The summed E-state index contributed by atoms with van der Waals surface area (Å²) in [4.78, 5) is 15.3. The maximum atomic E-state index is 11.5. The number of aryl methyl sites for hydroxylation is 1. The van der Waals surface area contributed by atoms with Gasteiger partial charge in [0.15, 0.2) is 6.39 Å². The molecule has 4 N–H and O–H groups in total. The molecule has 0 unspecified atom stereocenters. The van der Waals surface area contributed by atoms with E-state index in [4.69, 9.17) is 15.4 Å². The average molecular weight is 226 g/mol. The number of rotatable bonds is 5. The molecule has 0 fully saturated rings. The molecule has 7 nitrogen and oxygen atoms in total. The fraction of sp³-hybridized carbons (Fsp3) is 0.444. The number of oxazole rings is 1. The van der Waals surface area contributed by atoms with Crippen LogP contribution in [0.1, 0.15) is 29.1 Å². The van der Waals surface area contributed by atoms with Gasteiger partial charge < -0.3 is 20.7 Å². The van der Waals surface area contributed by atoms with E-state index in [0.717, 1.165) is 0 Å². The zero-order valence-electron chi connectivity index (χ0n) is 8.93. The van der Waals surface area contributed by atoms with Crippen LogP contribution < -0.4 is 11.1 Å². The van der Waals surface area contributed by atoms with Gasteiger partial charge >= 0.3 is 0 Å². The molecule has 0 aliphatic carbocycles. The number of nitrogens with zero attached hydrogens (tertiary/aromatic N) is 2. The predicted octanol–water partition coefficient (Wildman–Crippen LogP) is 0.239. The molecule has 0 atom stereocenters. The Morgan fingerprint density at radius 1 is 1.75 bits per heavy atom. The summed E-state index contributed by atoms with van der Waals surface area (Å²) >= 11 is 0. The van der Waals surface area contributed by atoms with Crippen LogP contribution in [-0.2, 0) is 0 Å². The highest BCUT2D eigenvalue weighted by Gasteiger charge is 2.12. The Kier molecular flexibility index (Phi) is 4.31. The molecule has 0 aliphatic rings. The molecular weight excluding hydrogens is 212 g/mol. The van der Waals surface area contributed by atoms with E-state index in [1.165, 1.54) is 6.39 Å². The minimum atomic E-state index is -0.311. The molecule has 0 spiro atoms. The van der Waals surface area contributed by atoms with Crippen molar-refractivity contribution in [2.75, 3.05) is 6.54 Å². The summed E-state index contributed by atoms with van der Waals surface area (Å²) in [5.41, 5.74) is 5.82. The van der Waals surface area contributed by atoms with Crippen molar-refractivity contribution in [1.29, 1.82) is 0 Å². The third-order valence-electron chi connectivity index (χ3n) is 1.98. The van der Waals surface area contributed by atoms with Crippen LogP contribution >= 0.6 is 0 Å². The van der Waals surface area contributed by atoms with Gasteiger partial charge in [-0.15, -0.1) is 0 Å². The topological polar surface area (TPSA) is 114 Å². The molecular formula is C9H14N4O3. The first kappa shape index (κ1) is 12.0. The highest BCUT2D eigenvalue weighted by molar-refractivity contribution is 5.92. The van der Waals surface area contributed by atoms with Gasteiger partial charge in [0.2, 0.25) is 5.76 Å². The van der Waals surface area contributed by atoms with Crippen LogP contribution in [0, 0.1) is 6.92 Å². The van der Waals surface area contributed by atoms with Crippen LogP contribution in [-0.4, -0.2) is 28.5 Å². The quantitative estimate of drug-likeness (QED) is 0.219. The first-order valence-corrected chi connectivity index (χ1v) is 4.80. The maximum Gasteiger partial charge on any atom is 0.288 e. The first-order valence-electron chi connectivity index (χ1n) is 4.80. The second kappa shape index (κ2) is 5.74. The molecule has 0 aliphatic heterocycles. The Morgan fingerprint density at radius 2 is 2.50 bits per heavy atom. The van der Waals surface area contributed by atoms with Crippen LogP contribution in [0.25, 0.3) is 0 Å². The van der Waals surface area contributed by atoms with Gasteiger partial charge in [0.25, 0.3) is 5.91 Å². The largest absolute Gasteiger partial charge is 0.438 e. The van der Waals surface area contributed by atoms with Crippen LogP contribution in [0.5, 0.6) is 0 Å². The molecule has 7 heteroatoms. The molecule has 0 saturated carbocycles. The van der Waals surface area contributed by atoms with Gasteiger partial charge in [0, 0.05) is 13.0 Å². The molecule has 1 aromatic heterocycles. The number of hydrogen-bond donors (Lipinski definition) is 3. The highest BCUT2D eigenvalue weighted by atomic mass is 16.4. The fourth-order valence-corrected chi connectivity index (χ4v) is 1.12. The van der Waals surface area contributed by atoms with E-state index < -0.39 is 0 Å². The molecule has 0 aromatic carbocycles. The first-order chi connectivity index (χ1) is 7.65. The van der Waals surface area contributed by atoms with Crippen molar-refractivity contribution in [1.82, 2.24) is 10.3 Å². The molecule has 1 aromatic rings. The molecule has 1 amide bonds. The summed E-state index contributed by atoms with van der Waals surface area (Å²) in [5, 5.41) is 13.7. The molecule has 88 valence electrons. The number of amides is 1. The average Bonchev–Trinajstić information content (AvgIpc) is 2.70. The Bertz CT molecular complexity index is 386. The molecule has 1 rings (SSSR count). The molecule has 0 bridgehead atoms. The van der Waals surface area contributed by atoms with Crippen LogP contribution in [0.4, 0.5) is 0 Å². The van der Waals surface area contributed by atoms with E-state index in [9.17, 15) is 4.79 Å². The summed E-state index contributed by atoms with van der Waals surface area (Å²) in [5.74, 6) is 0.0448. The molecule has 0 radical (unpaired) electrons. The number of oxime groups is 1. The standard InChI is InChI=1S/C9H14N4O3/c1-6-8(16-5-12-6)9(14)11-4-2-3-7(10)13-15/h5,15H,2-4H2,1H3,(H2,10,13)(H,11,14). The zero-order valence-corrected chi connectivity index (χ0v) is 8.93. The van der Waals surface area contributed by atoms with Crippen molar-refractivity contribution in [3.05, 3.63) is 17.8 Å². The number of amidine groups is 1. The lowest BCUT2D eigenvalue weighted by molar-refractivity contribution is 0.0925. The SMILES string of the molecule is Cc1ncoc1C(=O)NCCCC(N)=NO. The lowest BCUT2D eigenvalue weighted by Gasteiger charge is -2.02. The lowest BCUT2D eigenvalue weighted by Crippen LogP contribution is -2.25. The summed E-state index contributed by atoms with van der Waals surface area (Å²) in [7, 11) is 0. The van der Waals surface area contributed by atoms with Gasteiger partial charge in [0.1, 0.15) is 5.84 Å². The van der Waals surface area contributed by atoms with Crippen molar-refractivity contribution < 1.29 is 14.4 Å². The van der Waals surface area contributed by atoms with Gasteiger partial charge in [-0.3, -0.25) is 4.79 Å². The smallest absolute Gasteiger partial charge is 0.288 e. The van der Waals surface area contributed by atoms with Crippen molar-refractivity contribution in [2.24, 2.45) is 10.9 Å². The van der Waals surface area contributed by atoms with Crippen molar-refractivity contribution in [3.63, 3.8) is 0 Å². The van der Waals surface area contributed by atoms with E-state index >= 15 is 0 Å². The van der Waals surface area contributed by atoms with E-state index in [1.807, 2.05) is 0 Å². The molecule has 0 saturated heterocycles. The number of aromatic nitrogens is 1. The van der Waals surface area contributed by atoms with E-state index in [0.29, 0.717) is 25.1 Å². The number of hydrogen-bond acceptors (Lipinski definition) is 5. The molecule has 16 heavy (non-hydrogen) atoms. The monoisotopic (exact) mass is 226 g/mol. The van der Waals surface area contributed by atoms with Gasteiger partial charge in [-0.05, 0) is 13.3 Å². The minimum absolute atomic E-state index is 0.144. The number of nitrogens with one attached hydrogen (secondary N) is 1. The Labute approximate surface area is 92.3 Å². The highest BCUT2D eigenvalue weighted by Crippen LogP contribution is 2.04. The second-order valence-corrected chi connectivity index (χ2v) is 3.22. The van der Waals surface area contributed by atoms with Crippen LogP contribution in [0.2, 0.25) is 0 Å². The Balaban J connectivity index is 2.29. The zero-order chi connectivity index (χ0) is 12.0. The third-order valence-corrected chi connectivity index (χ3v) is 1.98. The van der Waals surface area contributed by atoms with Crippen molar-refractivity contribution in [3.8, 4) is 0 Å². The van der Waals surface area contributed by atoms with Gasteiger partial charge in [-0.1, -0.05) is 5.16 Å². The van der Waals surface area contributed by atoms with Crippen molar-refractivity contribution in [2.45, 2.75) is 19.8 Å². The third kappa shape index (κ3) is 3.26. The van der Waals surface area contributed by atoms with E-state index in [1.54, 1.807) is 6.92 Å². The fourth-order valence-electron chi connectivity index (χ4n) is 1.12. The summed E-state index contributed by atoms with van der Waals surface area (Å²) in [6.45, 7) is 2.12. The minimum Gasteiger partial charge on any atom is -0.438 e. The van der Waals surface area contributed by atoms with Gasteiger partial charge in [-0.25, -0.2) is 4.98 Å². The number of nitrogens with two attached hydrogens (primary N) is 1. The van der Waals surface area contributed by atoms with Gasteiger partial charge in [0.05, 0.1) is 5.69 Å². The predicted molar refractivity (Wildman–Crippen MR) is 56.2 cm³/mol. The Morgan fingerprint density at radius 3 is 3.06 bits per heavy atom. The number of carbonyl (C=O) groups is 1. The summed E-state index contributed by atoms with van der Waals surface area (Å²) in [6.07, 6.45) is 2.24. The van der Waals surface area contributed by atoms with Crippen LogP contribution in [0.15, 0.2) is 16.0 Å². The summed E-state index contributed by atoms with van der Waals surface area (Å²) in [6, 6.07) is 0. The second-order valence-electron chi connectivity index (χ2n) is 3.22. The van der Waals surface area contributed by atoms with E-state index in [2.05, 4.69) is 15.5 Å². The number of carbonyl (C=O) groups excluding carboxylic acids is 1. The van der Waals surface area contributed by atoms with Gasteiger partial charge in [-0.2, -0.15) is 0 Å². The maximum absolute atomic E-state index is 11.5. The molecule has 1 heterocycles. The normalized spacial score (nSPS) is 11.4. The summed E-state index contributed by atoms with van der Waals surface area (Å²) < 4.78 is 4.91. The lowest BCUT2D eigenvalue weighted by atomic mass is 10.3.